The molecule has 4 N–H and O–H groups in total. The van der Waals surface area contributed by atoms with E-state index >= 15 is 0 Å². The highest BCUT2D eigenvalue weighted by atomic mass is 32.2. The Kier molecular flexibility index (Phi) is 8.18. The van der Waals surface area contributed by atoms with Gasteiger partial charge in [0.1, 0.15) is 11.5 Å². The average Bonchev–Trinajstić information content (AvgIpc) is 2.95. The van der Waals surface area contributed by atoms with Crippen molar-refractivity contribution in [3.05, 3.63) is 65.7 Å². The normalized spacial score (nSPS) is 21.2. The first-order valence-corrected chi connectivity index (χ1v) is 14.8. The van der Waals surface area contributed by atoms with Gasteiger partial charge in [-0.25, -0.2) is 27.5 Å². The van der Waals surface area contributed by atoms with Crippen molar-refractivity contribution in [3.8, 4) is 5.75 Å². The van der Waals surface area contributed by atoms with E-state index in [1.165, 1.54) is 25.1 Å². The largest absolute Gasteiger partial charge is 0.466 e. The zero-order valence-corrected chi connectivity index (χ0v) is 23.5. The number of anilines is 3. The van der Waals surface area contributed by atoms with Crippen LogP contribution in [0.25, 0.3) is 0 Å². The smallest absolute Gasteiger partial charge is 0.278 e. The van der Waals surface area contributed by atoms with Crippen LogP contribution >= 0.6 is 0 Å². The second-order valence-electron chi connectivity index (χ2n) is 10.1. The summed E-state index contributed by atoms with van der Waals surface area (Å²) >= 11 is 0. The molecule has 0 saturated carbocycles. The van der Waals surface area contributed by atoms with Crippen LogP contribution in [0.1, 0.15) is 43.9 Å². The first kappa shape index (κ1) is 29.1. The molecule has 3 aliphatic rings. The van der Waals surface area contributed by atoms with E-state index in [0.717, 1.165) is 6.20 Å². The van der Waals surface area contributed by atoms with Gasteiger partial charge in [-0.1, -0.05) is 12.1 Å². The van der Waals surface area contributed by atoms with Gasteiger partial charge in [0.25, 0.3) is 17.4 Å². The highest BCUT2D eigenvalue weighted by Crippen LogP contribution is 2.35. The Hall–Kier alpha value is -4.43. The number of hydrogen-bond donors (Lipinski definition) is 4. The molecule has 0 radical (unpaired) electrons. The van der Waals surface area contributed by atoms with Gasteiger partial charge in [0, 0.05) is 38.0 Å². The minimum absolute atomic E-state index is 0.00277. The van der Waals surface area contributed by atoms with Crippen LogP contribution in [0.2, 0.25) is 0 Å². The van der Waals surface area contributed by atoms with Crippen LogP contribution in [0.3, 0.4) is 0 Å². The van der Waals surface area contributed by atoms with Crippen LogP contribution in [0.5, 0.6) is 5.75 Å². The molecule has 3 aromatic rings. The molecule has 3 aliphatic heterocycles. The summed E-state index contributed by atoms with van der Waals surface area (Å²) in [6.07, 6.45) is 2.20. The number of carbonyl (C=O) groups excluding carboxylic acids is 3. The van der Waals surface area contributed by atoms with Crippen LogP contribution in [0, 0.1) is 5.82 Å². The number of amides is 2. The van der Waals surface area contributed by atoms with Crippen molar-refractivity contribution in [2.45, 2.75) is 49.5 Å². The fourth-order valence-corrected chi connectivity index (χ4v) is 5.61. The highest BCUT2D eigenvalue weighted by Gasteiger charge is 2.47. The minimum atomic E-state index is -3.91. The molecule has 0 aliphatic carbocycles. The number of ketones is 1. The Balaban J connectivity index is 1.44. The monoisotopic (exact) mass is 596 g/mol. The van der Waals surface area contributed by atoms with Gasteiger partial charge in [-0.15, -0.1) is 0 Å². The summed E-state index contributed by atoms with van der Waals surface area (Å²) < 4.78 is 48.6. The van der Waals surface area contributed by atoms with Crippen molar-refractivity contribution in [2.24, 2.45) is 0 Å². The van der Waals surface area contributed by atoms with Crippen LogP contribution in [0.4, 0.5) is 21.7 Å². The van der Waals surface area contributed by atoms with Gasteiger partial charge < -0.3 is 20.7 Å². The number of benzene rings is 2. The number of ether oxygens (including phenoxy) is 1. The maximum atomic E-state index is 14.7. The fraction of sp³-hybridized carbons (Fsp3) is 0.321. The Bertz CT molecular complexity index is 1670. The lowest BCUT2D eigenvalue weighted by Gasteiger charge is -2.33. The number of aromatic nitrogens is 2. The Morgan fingerprint density at radius 3 is 2.64 bits per heavy atom. The second kappa shape index (κ2) is 11.8. The fourth-order valence-electron chi connectivity index (χ4n) is 4.53. The molecule has 0 saturated heterocycles. The maximum Gasteiger partial charge on any atom is 0.278 e. The third-order valence-corrected chi connectivity index (χ3v) is 8.38. The number of hydrogen-bond acceptors (Lipinski definition) is 9. The van der Waals surface area contributed by atoms with Crippen LogP contribution in [-0.2, 0) is 30.8 Å². The lowest BCUT2D eigenvalue weighted by Crippen LogP contribution is -2.58. The van der Waals surface area contributed by atoms with Gasteiger partial charge in [0.15, 0.2) is 5.82 Å². The number of Topliss-reactive ketones (excluding diaryl/α,β-unsaturated/α-hetero) is 1. The van der Waals surface area contributed by atoms with Crippen molar-refractivity contribution in [1.29, 1.82) is 0 Å². The summed E-state index contributed by atoms with van der Waals surface area (Å²) in [7, 11) is -3.91. The topological polar surface area (TPSA) is 168 Å². The first-order valence-electron chi connectivity index (χ1n) is 13.3. The molecule has 2 amide bonds. The molecule has 0 spiro atoms. The zero-order valence-electron chi connectivity index (χ0n) is 22.7. The van der Waals surface area contributed by atoms with Crippen LogP contribution < -0.4 is 25.4 Å². The molecular weight excluding hydrogens is 567 g/mol. The van der Waals surface area contributed by atoms with E-state index in [1.54, 1.807) is 24.3 Å². The minimum Gasteiger partial charge on any atom is -0.466 e. The van der Waals surface area contributed by atoms with Gasteiger partial charge in [0.05, 0.1) is 22.5 Å². The molecule has 6 rings (SSSR count). The van der Waals surface area contributed by atoms with Gasteiger partial charge >= 0.3 is 0 Å². The lowest BCUT2D eigenvalue weighted by atomic mass is 10.00. The van der Waals surface area contributed by atoms with E-state index in [2.05, 4.69) is 30.6 Å². The van der Waals surface area contributed by atoms with E-state index in [0.29, 0.717) is 29.8 Å². The van der Waals surface area contributed by atoms with E-state index in [1.807, 2.05) is 0 Å². The Morgan fingerprint density at radius 1 is 0.976 bits per heavy atom. The lowest BCUT2D eigenvalue weighted by molar-refractivity contribution is -0.146. The predicted octanol–water partition coefficient (Wildman–Crippen LogP) is 2.58. The third kappa shape index (κ3) is 6.39. The van der Waals surface area contributed by atoms with Gasteiger partial charge in [-0.05, 0) is 55.7 Å². The third-order valence-electron chi connectivity index (χ3n) is 6.93. The first-order chi connectivity index (χ1) is 20.0. The van der Waals surface area contributed by atoms with Crippen molar-refractivity contribution < 1.29 is 31.9 Å². The van der Waals surface area contributed by atoms with Crippen molar-refractivity contribution in [3.63, 3.8) is 0 Å². The molecule has 42 heavy (non-hydrogen) atoms. The van der Waals surface area contributed by atoms with Crippen LogP contribution in [-0.4, -0.2) is 54.7 Å². The molecule has 0 fully saturated rings. The summed E-state index contributed by atoms with van der Waals surface area (Å²) in [5.74, 6) is -1.76. The number of halogens is 1. The molecule has 2 aromatic carbocycles. The van der Waals surface area contributed by atoms with Crippen LogP contribution in [0.15, 0.2) is 53.6 Å². The van der Waals surface area contributed by atoms with Crippen molar-refractivity contribution >= 4 is 44.9 Å². The summed E-state index contributed by atoms with van der Waals surface area (Å²) in [5, 5.41) is 8.28. The zero-order chi connectivity index (χ0) is 29.9. The Morgan fingerprint density at radius 2 is 1.81 bits per heavy atom. The number of carbonyl (C=O) groups is 3. The average molecular weight is 597 g/mol. The highest BCUT2D eigenvalue weighted by molar-refractivity contribution is 7.89. The Labute approximate surface area is 241 Å². The quantitative estimate of drug-likeness (QED) is 0.285. The summed E-state index contributed by atoms with van der Waals surface area (Å²) in [6.45, 7) is 1.51. The van der Waals surface area contributed by atoms with E-state index in [9.17, 15) is 27.2 Å². The molecule has 14 heteroatoms. The molecule has 12 nitrogen and oxygen atoms in total. The molecular formula is C28H29FN6O6S. The molecule has 220 valence electrons. The maximum absolute atomic E-state index is 14.7. The van der Waals surface area contributed by atoms with E-state index < -0.39 is 33.3 Å². The number of fused-ring (bicyclic) bond motifs is 12. The van der Waals surface area contributed by atoms with Gasteiger partial charge in [0.2, 0.25) is 16.0 Å². The SMILES string of the molecule is CC12Oc3ccc(cc3NC1=O)Cc1nc(ncc1F)Nc1cccc(c1)S(=O)(=O)NCCC(=O)CCCCNC2=O. The second-order valence-corrected chi connectivity index (χ2v) is 11.9. The van der Waals surface area contributed by atoms with Gasteiger partial charge in [-0.2, -0.15) is 0 Å². The number of sulfonamides is 1. The molecule has 1 aromatic heterocycles. The number of nitrogens with zero attached hydrogens (tertiary/aromatic N) is 2. The molecule has 1 unspecified atom stereocenters. The summed E-state index contributed by atoms with van der Waals surface area (Å²) in [4.78, 5) is 46.3. The summed E-state index contributed by atoms with van der Waals surface area (Å²) in [5.41, 5.74) is -0.471. The van der Waals surface area contributed by atoms with Crippen molar-refractivity contribution in [1.82, 2.24) is 20.0 Å². The molecule has 1 atom stereocenters. The summed E-state index contributed by atoms with van der Waals surface area (Å²) in [6, 6.07) is 10.8. The molecule has 8 bridgehead atoms. The number of rotatable bonds is 0. The molecule has 4 heterocycles. The standard InChI is InChI=1S/C28H29FN6O6S/c1-28-25(37)30-11-3-2-6-19(36)10-12-32-42(39,40)20-7-4-5-18(15-20)33-27-31-16-21(29)22(35-27)13-17-8-9-24(41-28)23(14-17)34-26(28)38/h4-5,7-9,14-16,32H,2-3,6,10-13H2,1H3,(H,30,37)(H,34,38)(H,31,33,35). The predicted molar refractivity (Wildman–Crippen MR) is 150 cm³/mol. The number of nitrogens with one attached hydrogen (secondary N) is 4. The van der Waals surface area contributed by atoms with E-state index in [4.69, 9.17) is 4.74 Å². The van der Waals surface area contributed by atoms with Gasteiger partial charge in [-0.3, -0.25) is 14.4 Å². The van der Waals surface area contributed by atoms with E-state index in [-0.39, 0.29) is 60.4 Å². The van der Waals surface area contributed by atoms with Crippen molar-refractivity contribution in [2.75, 3.05) is 23.7 Å².